The Morgan fingerprint density at radius 3 is 2.91 bits per heavy atom. The Kier molecular flexibility index (Phi) is 3.61. The van der Waals surface area contributed by atoms with Gasteiger partial charge in [0.1, 0.15) is 12.1 Å². The summed E-state index contributed by atoms with van der Waals surface area (Å²) in [6.07, 6.45) is 2.83. The van der Waals surface area contributed by atoms with Crippen molar-refractivity contribution >= 4 is 5.91 Å². The first-order valence-corrected chi connectivity index (χ1v) is 7.91. The summed E-state index contributed by atoms with van der Waals surface area (Å²) in [5.41, 5.74) is 1.32. The molecule has 5 nitrogen and oxygen atoms in total. The highest BCUT2D eigenvalue weighted by Gasteiger charge is 2.35. The second-order valence-corrected chi connectivity index (χ2v) is 6.16. The number of piperazine rings is 1. The molecular weight excluding hydrogens is 297 g/mol. The molecule has 2 aliphatic heterocycles. The Hall–Kier alpha value is -2.21. The average molecular weight is 315 g/mol. The van der Waals surface area contributed by atoms with Gasteiger partial charge in [0.25, 0.3) is 0 Å². The summed E-state index contributed by atoms with van der Waals surface area (Å²) in [7, 11) is 0. The van der Waals surface area contributed by atoms with Crippen molar-refractivity contribution in [1.29, 1.82) is 0 Å². The van der Waals surface area contributed by atoms with Crippen molar-refractivity contribution in [3.63, 3.8) is 0 Å². The summed E-state index contributed by atoms with van der Waals surface area (Å²) in [4.78, 5) is 21.3. The van der Waals surface area contributed by atoms with Crippen molar-refractivity contribution in [2.45, 2.75) is 18.9 Å². The molecule has 2 atom stereocenters. The molecule has 2 saturated heterocycles. The van der Waals surface area contributed by atoms with Gasteiger partial charge in [0.05, 0.1) is 12.1 Å². The standard InChI is InChI=1S/C17H18FN3O2/c18-13-3-1-12(2-4-13)17-19-14(11-23-17)9-16(22)21-8-7-20-6-5-15(21)10-20/h1-4,11,15H,5-10H2. The highest BCUT2D eigenvalue weighted by molar-refractivity contribution is 5.79. The predicted octanol–water partition coefficient (Wildman–Crippen LogP) is 1.94. The molecule has 1 aromatic carbocycles. The summed E-state index contributed by atoms with van der Waals surface area (Å²) in [6, 6.07) is 6.31. The van der Waals surface area contributed by atoms with Crippen LogP contribution in [0.5, 0.6) is 0 Å². The fourth-order valence-corrected chi connectivity index (χ4v) is 3.40. The minimum absolute atomic E-state index is 0.107. The Morgan fingerprint density at radius 2 is 2.09 bits per heavy atom. The molecule has 2 aromatic rings. The van der Waals surface area contributed by atoms with E-state index in [0.717, 1.165) is 32.6 Å². The van der Waals surface area contributed by atoms with Gasteiger partial charge in [-0.05, 0) is 30.7 Å². The molecule has 23 heavy (non-hydrogen) atoms. The van der Waals surface area contributed by atoms with E-state index in [0.29, 0.717) is 23.2 Å². The van der Waals surface area contributed by atoms with E-state index in [9.17, 15) is 9.18 Å². The maximum atomic E-state index is 13.0. The molecular formula is C17H18FN3O2. The zero-order valence-electron chi connectivity index (χ0n) is 12.7. The van der Waals surface area contributed by atoms with Gasteiger partial charge >= 0.3 is 0 Å². The second kappa shape index (κ2) is 5.77. The summed E-state index contributed by atoms with van der Waals surface area (Å²) in [6.45, 7) is 3.84. The number of amides is 1. The van der Waals surface area contributed by atoms with Crippen molar-refractivity contribution < 1.29 is 13.6 Å². The zero-order valence-corrected chi connectivity index (χ0v) is 12.7. The number of carbonyl (C=O) groups excluding carboxylic acids is 1. The van der Waals surface area contributed by atoms with Gasteiger partial charge in [-0.1, -0.05) is 0 Å². The molecule has 2 fully saturated rings. The number of halogens is 1. The van der Waals surface area contributed by atoms with E-state index in [1.165, 1.54) is 18.4 Å². The monoisotopic (exact) mass is 315 g/mol. The Bertz CT molecular complexity index is 713. The molecule has 2 bridgehead atoms. The fourth-order valence-electron chi connectivity index (χ4n) is 3.40. The molecule has 2 aliphatic rings. The highest BCUT2D eigenvalue weighted by Crippen LogP contribution is 2.23. The van der Waals surface area contributed by atoms with Crippen molar-refractivity contribution in [1.82, 2.24) is 14.8 Å². The molecule has 0 aliphatic carbocycles. The van der Waals surface area contributed by atoms with E-state index in [4.69, 9.17) is 4.42 Å². The summed E-state index contributed by atoms with van der Waals surface area (Å²) >= 11 is 0. The number of carbonyl (C=O) groups is 1. The quantitative estimate of drug-likeness (QED) is 0.868. The van der Waals surface area contributed by atoms with Gasteiger partial charge in [-0.25, -0.2) is 9.37 Å². The smallest absolute Gasteiger partial charge is 0.229 e. The van der Waals surface area contributed by atoms with Crippen molar-refractivity contribution in [2.75, 3.05) is 26.2 Å². The first kappa shape index (κ1) is 14.4. The van der Waals surface area contributed by atoms with E-state index in [2.05, 4.69) is 9.88 Å². The van der Waals surface area contributed by atoms with Crippen LogP contribution in [0.15, 0.2) is 34.9 Å². The number of fused-ring (bicyclic) bond motifs is 2. The Balaban J connectivity index is 1.45. The number of rotatable bonds is 3. The molecule has 1 amide bonds. The van der Waals surface area contributed by atoms with Crippen LogP contribution in [-0.2, 0) is 11.2 Å². The molecule has 6 heteroatoms. The highest BCUT2D eigenvalue weighted by atomic mass is 19.1. The van der Waals surface area contributed by atoms with Gasteiger partial charge < -0.3 is 9.32 Å². The second-order valence-electron chi connectivity index (χ2n) is 6.16. The number of benzene rings is 1. The van der Waals surface area contributed by atoms with Crippen LogP contribution in [0.4, 0.5) is 4.39 Å². The lowest BCUT2D eigenvalue weighted by atomic mass is 10.1. The topological polar surface area (TPSA) is 49.6 Å². The van der Waals surface area contributed by atoms with Gasteiger partial charge in [-0.3, -0.25) is 9.69 Å². The largest absolute Gasteiger partial charge is 0.444 e. The van der Waals surface area contributed by atoms with Crippen LogP contribution in [0, 0.1) is 5.82 Å². The van der Waals surface area contributed by atoms with Crippen LogP contribution >= 0.6 is 0 Å². The van der Waals surface area contributed by atoms with Gasteiger partial charge in [-0.15, -0.1) is 0 Å². The lowest BCUT2D eigenvalue weighted by molar-refractivity contribution is -0.133. The molecule has 120 valence electrons. The summed E-state index contributed by atoms with van der Waals surface area (Å²) < 4.78 is 18.4. The molecule has 0 N–H and O–H groups in total. The van der Waals surface area contributed by atoms with Crippen LogP contribution in [0.2, 0.25) is 0 Å². The molecule has 4 rings (SSSR count). The van der Waals surface area contributed by atoms with Crippen LogP contribution in [0.25, 0.3) is 11.5 Å². The zero-order chi connectivity index (χ0) is 15.8. The fraction of sp³-hybridized carbons (Fsp3) is 0.412. The average Bonchev–Trinajstić information content (AvgIpc) is 3.16. The van der Waals surface area contributed by atoms with Crippen molar-refractivity contribution in [2.24, 2.45) is 0 Å². The van der Waals surface area contributed by atoms with E-state index >= 15 is 0 Å². The minimum Gasteiger partial charge on any atom is -0.444 e. The van der Waals surface area contributed by atoms with E-state index in [-0.39, 0.29) is 18.1 Å². The summed E-state index contributed by atoms with van der Waals surface area (Å²) in [5, 5.41) is 0. The third-order valence-electron chi connectivity index (χ3n) is 4.64. The SMILES string of the molecule is O=C(Cc1coc(-c2ccc(F)cc2)n1)N1CCN2CCC1C2. The van der Waals surface area contributed by atoms with E-state index in [1.807, 2.05) is 4.90 Å². The lowest BCUT2D eigenvalue weighted by Crippen LogP contribution is -2.50. The van der Waals surface area contributed by atoms with Gasteiger partial charge in [-0.2, -0.15) is 0 Å². The molecule has 3 heterocycles. The Morgan fingerprint density at radius 1 is 1.26 bits per heavy atom. The number of aromatic nitrogens is 1. The maximum Gasteiger partial charge on any atom is 0.229 e. The Labute approximate surface area is 133 Å². The molecule has 0 radical (unpaired) electrons. The number of nitrogens with zero attached hydrogens (tertiary/aromatic N) is 3. The maximum absolute atomic E-state index is 13.0. The first-order valence-electron chi connectivity index (χ1n) is 7.91. The normalized spacial score (nSPS) is 23.3. The number of hydrogen-bond acceptors (Lipinski definition) is 4. The van der Waals surface area contributed by atoms with Crippen molar-refractivity contribution in [3.8, 4) is 11.5 Å². The van der Waals surface area contributed by atoms with Crippen molar-refractivity contribution in [3.05, 3.63) is 42.0 Å². The summed E-state index contributed by atoms with van der Waals surface area (Å²) in [5.74, 6) is 0.223. The third-order valence-corrected chi connectivity index (χ3v) is 4.64. The van der Waals surface area contributed by atoms with Gasteiger partial charge in [0, 0.05) is 37.8 Å². The molecule has 0 spiro atoms. The minimum atomic E-state index is -0.300. The van der Waals surface area contributed by atoms with Gasteiger partial charge in [0.15, 0.2) is 0 Å². The number of hydrogen-bond donors (Lipinski definition) is 0. The predicted molar refractivity (Wildman–Crippen MR) is 82.2 cm³/mol. The van der Waals surface area contributed by atoms with E-state index in [1.54, 1.807) is 12.1 Å². The van der Waals surface area contributed by atoms with E-state index < -0.39 is 0 Å². The molecule has 0 saturated carbocycles. The van der Waals surface area contributed by atoms with Crippen LogP contribution in [0.3, 0.4) is 0 Å². The lowest BCUT2D eigenvalue weighted by Gasteiger charge is -2.34. The molecule has 2 unspecified atom stereocenters. The molecule has 1 aromatic heterocycles. The van der Waals surface area contributed by atoms with Crippen LogP contribution in [0.1, 0.15) is 12.1 Å². The first-order chi connectivity index (χ1) is 11.2. The number of oxazole rings is 1. The van der Waals surface area contributed by atoms with Crippen LogP contribution in [-0.4, -0.2) is 52.9 Å². The van der Waals surface area contributed by atoms with Gasteiger partial charge in [0.2, 0.25) is 11.8 Å². The third kappa shape index (κ3) is 2.86. The van der Waals surface area contributed by atoms with Crippen LogP contribution < -0.4 is 0 Å².